The van der Waals surface area contributed by atoms with E-state index in [1.165, 1.54) is 17.9 Å². The minimum Gasteiger partial charge on any atom is -0.495 e. The molecule has 0 spiro atoms. The number of hydrogen-bond donors (Lipinski definition) is 0. The van der Waals surface area contributed by atoms with Crippen LogP contribution in [0.4, 0.5) is 0 Å². The molecule has 3 aromatic rings. The van der Waals surface area contributed by atoms with E-state index in [9.17, 15) is 13.2 Å². The summed E-state index contributed by atoms with van der Waals surface area (Å²) in [6.07, 6.45) is 3.46. The summed E-state index contributed by atoms with van der Waals surface area (Å²) in [5.41, 5.74) is 1.67. The van der Waals surface area contributed by atoms with E-state index in [1.807, 2.05) is 6.92 Å². The van der Waals surface area contributed by atoms with E-state index >= 15 is 0 Å². The summed E-state index contributed by atoms with van der Waals surface area (Å²) in [4.78, 5) is 12.6. The quantitative estimate of drug-likeness (QED) is 0.541. The molecule has 1 aliphatic heterocycles. The Hall–Kier alpha value is -2.98. The first-order valence-electron chi connectivity index (χ1n) is 11.0. The molecule has 0 bridgehead atoms. The molecule has 0 radical (unpaired) electrons. The molecule has 1 aromatic carbocycles. The van der Waals surface area contributed by atoms with E-state index in [0.29, 0.717) is 34.9 Å². The number of piperidine rings is 1. The number of methoxy groups -OCH3 is 1. The van der Waals surface area contributed by atoms with Gasteiger partial charge in [0.05, 0.1) is 12.8 Å². The summed E-state index contributed by atoms with van der Waals surface area (Å²) in [6.45, 7) is 5.93. The van der Waals surface area contributed by atoms with Crippen LogP contribution in [0.2, 0.25) is 0 Å². The van der Waals surface area contributed by atoms with Crippen LogP contribution in [0.25, 0.3) is 16.9 Å². The highest BCUT2D eigenvalue weighted by atomic mass is 32.2. The fourth-order valence-electron chi connectivity index (χ4n) is 4.37. The van der Waals surface area contributed by atoms with Crippen LogP contribution in [0.5, 0.6) is 5.75 Å². The zero-order valence-corrected chi connectivity index (χ0v) is 20.1. The van der Waals surface area contributed by atoms with Crippen LogP contribution < -0.4 is 10.3 Å². The van der Waals surface area contributed by atoms with E-state index in [2.05, 4.69) is 10.3 Å². The summed E-state index contributed by atoms with van der Waals surface area (Å²) in [6, 6.07) is 7.86. The van der Waals surface area contributed by atoms with Crippen molar-refractivity contribution in [3.63, 3.8) is 0 Å². The standard InChI is InChI=1S/C23H28N4O5S/c1-5-18-8-6-7-13-26(18)33(29,30)21-14-17(9-11-20(21)31-4)19-10-12-22(28)27(24-19)23-15(2)25-32-16(23)3/h9-12,14,18H,5-8,13H2,1-4H3/t18-/m0/s1. The smallest absolute Gasteiger partial charge is 0.271 e. The summed E-state index contributed by atoms with van der Waals surface area (Å²) in [5.74, 6) is 0.742. The van der Waals surface area contributed by atoms with Crippen LogP contribution in [0.1, 0.15) is 44.1 Å². The molecule has 1 saturated heterocycles. The van der Waals surface area contributed by atoms with Gasteiger partial charge >= 0.3 is 0 Å². The molecule has 2 aromatic heterocycles. The number of benzene rings is 1. The Morgan fingerprint density at radius 2 is 1.97 bits per heavy atom. The highest BCUT2D eigenvalue weighted by Crippen LogP contribution is 2.34. The average molecular weight is 473 g/mol. The monoisotopic (exact) mass is 472 g/mol. The zero-order chi connectivity index (χ0) is 23.8. The first kappa shape index (κ1) is 23.2. The van der Waals surface area contributed by atoms with Gasteiger partial charge in [-0.15, -0.1) is 0 Å². The Bertz CT molecular complexity index is 1310. The van der Waals surface area contributed by atoms with Crippen molar-refractivity contribution in [1.29, 1.82) is 0 Å². The number of aromatic nitrogens is 3. The van der Waals surface area contributed by atoms with Crippen molar-refractivity contribution in [2.24, 2.45) is 0 Å². The number of rotatable bonds is 6. The molecular formula is C23H28N4O5S. The minimum atomic E-state index is -3.78. The third-order valence-corrected chi connectivity index (χ3v) is 8.07. The maximum absolute atomic E-state index is 13.7. The van der Waals surface area contributed by atoms with E-state index < -0.39 is 10.0 Å². The van der Waals surface area contributed by atoms with E-state index in [1.54, 1.807) is 42.4 Å². The maximum atomic E-state index is 13.7. The lowest BCUT2D eigenvalue weighted by Gasteiger charge is -2.34. The number of hydrogen-bond acceptors (Lipinski definition) is 7. The normalized spacial score (nSPS) is 17.3. The predicted octanol–water partition coefficient (Wildman–Crippen LogP) is 3.47. The first-order valence-corrected chi connectivity index (χ1v) is 12.5. The van der Waals surface area contributed by atoms with E-state index in [0.717, 1.165) is 25.7 Å². The topological polar surface area (TPSA) is 108 Å². The van der Waals surface area contributed by atoms with Crippen molar-refractivity contribution < 1.29 is 17.7 Å². The fraction of sp³-hybridized carbons (Fsp3) is 0.435. The molecule has 33 heavy (non-hydrogen) atoms. The SMILES string of the molecule is CC[C@H]1CCCCN1S(=O)(=O)c1cc(-c2ccc(=O)n(-c3c(C)noc3C)n2)ccc1OC. The highest BCUT2D eigenvalue weighted by molar-refractivity contribution is 7.89. The molecule has 1 atom stereocenters. The van der Waals surface area contributed by atoms with Crippen molar-refractivity contribution in [3.05, 3.63) is 52.1 Å². The van der Waals surface area contributed by atoms with Gasteiger partial charge in [-0.1, -0.05) is 18.5 Å². The first-order chi connectivity index (χ1) is 15.8. The summed E-state index contributed by atoms with van der Waals surface area (Å²) in [7, 11) is -2.33. The molecule has 9 nitrogen and oxygen atoms in total. The second-order valence-electron chi connectivity index (χ2n) is 8.18. The van der Waals surface area contributed by atoms with Gasteiger partial charge in [0.25, 0.3) is 5.56 Å². The second kappa shape index (κ2) is 9.11. The molecule has 0 saturated carbocycles. The van der Waals surface area contributed by atoms with E-state index in [-0.39, 0.29) is 22.2 Å². The Balaban J connectivity index is 1.83. The molecule has 1 fully saturated rings. The Morgan fingerprint density at radius 3 is 2.64 bits per heavy atom. The molecule has 176 valence electrons. The Labute approximate surface area is 193 Å². The number of nitrogens with zero attached hydrogens (tertiary/aromatic N) is 4. The lowest BCUT2D eigenvalue weighted by Crippen LogP contribution is -2.43. The van der Waals surface area contributed by atoms with Crippen LogP contribution in [-0.2, 0) is 10.0 Å². The van der Waals surface area contributed by atoms with Gasteiger partial charge in [0, 0.05) is 24.2 Å². The van der Waals surface area contributed by atoms with Gasteiger partial charge in [-0.2, -0.15) is 14.1 Å². The second-order valence-corrected chi connectivity index (χ2v) is 10.0. The lowest BCUT2D eigenvalue weighted by molar-refractivity contribution is 0.246. The average Bonchev–Trinajstić information content (AvgIpc) is 3.16. The van der Waals surface area contributed by atoms with Crippen LogP contribution in [-0.4, -0.2) is 47.4 Å². The molecule has 4 rings (SSSR count). The molecule has 10 heteroatoms. The number of ether oxygens (including phenoxy) is 1. The summed E-state index contributed by atoms with van der Waals surface area (Å²) >= 11 is 0. The van der Waals surface area contributed by atoms with Crippen molar-refractivity contribution in [3.8, 4) is 22.7 Å². The van der Waals surface area contributed by atoms with Crippen molar-refractivity contribution in [2.75, 3.05) is 13.7 Å². The lowest BCUT2D eigenvalue weighted by atomic mass is 10.0. The Morgan fingerprint density at radius 1 is 1.18 bits per heavy atom. The molecular weight excluding hydrogens is 444 g/mol. The molecule has 0 N–H and O–H groups in total. The summed E-state index contributed by atoms with van der Waals surface area (Å²) in [5, 5.41) is 8.38. The molecule has 3 heterocycles. The van der Waals surface area contributed by atoms with Gasteiger partial charge in [-0.25, -0.2) is 8.42 Å². The van der Waals surface area contributed by atoms with Crippen molar-refractivity contribution >= 4 is 10.0 Å². The Kier molecular flexibility index (Phi) is 6.40. The molecule has 0 unspecified atom stereocenters. The van der Waals surface area contributed by atoms with Crippen LogP contribution >= 0.6 is 0 Å². The van der Waals surface area contributed by atoms with Crippen molar-refractivity contribution in [1.82, 2.24) is 19.2 Å². The van der Waals surface area contributed by atoms with E-state index in [4.69, 9.17) is 9.26 Å². The van der Waals surface area contributed by atoms with Gasteiger partial charge in [0.1, 0.15) is 22.0 Å². The van der Waals surface area contributed by atoms with Crippen LogP contribution in [0.15, 0.2) is 44.5 Å². The third kappa shape index (κ3) is 4.20. The molecule has 0 amide bonds. The largest absolute Gasteiger partial charge is 0.495 e. The van der Waals surface area contributed by atoms with Gasteiger partial charge in [-0.3, -0.25) is 4.79 Å². The number of aryl methyl sites for hydroxylation is 2. The van der Waals surface area contributed by atoms with Gasteiger partial charge < -0.3 is 9.26 Å². The van der Waals surface area contributed by atoms with Crippen LogP contribution in [0, 0.1) is 13.8 Å². The predicted molar refractivity (Wildman–Crippen MR) is 123 cm³/mol. The van der Waals surface area contributed by atoms with Crippen LogP contribution in [0.3, 0.4) is 0 Å². The molecule has 1 aliphatic rings. The third-order valence-electron chi connectivity index (χ3n) is 6.10. The van der Waals surface area contributed by atoms with Gasteiger partial charge in [0.2, 0.25) is 10.0 Å². The number of sulfonamides is 1. The maximum Gasteiger partial charge on any atom is 0.271 e. The fourth-order valence-corrected chi connectivity index (χ4v) is 6.32. The minimum absolute atomic E-state index is 0.0308. The summed E-state index contributed by atoms with van der Waals surface area (Å²) < 4.78 is 40.7. The zero-order valence-electron chi connectivity index (χ0n) is 19.2. The highest BCUT2D eigenvalue weighted by Gasteiger charge is 2.34. The van der Waals surface area contributed by atoms with Gasteiger partial charge in [0.15, 0.2) is 5.76 Å². The molecule has 0 aliphatic carbocycles. The van der Waals surface area contributed by atoms with Gasteiger partial charge in [-0.05, 0) is 57.4 Å². The van der Waals surface area contributed by atoms with Crippen molar-refractivity contribution in [2.45, 2.75) is 57.4 Å².